The first-order valence-electron chi connectivity index (χ1n) is 7.96. The maximum atomic E-state index is 13.0. The van der Waals surface area contributed by atoms with Gasteiger partial charge in [0.1, 0.15) is 0 Å². The number of amides is 1. The average Bonchev–Trinajstić information content (AvgIpc) is 2.56. The van der Waals surface area contributed by atoms with Gasteiger partial charge in [-0.05, 0) is 31.9 Å². The second-order valence-electron chi connectivity index (χ2n) is 5.76. The quantitative estimate of drug-likeness (QED) is 0.851. The van der Waals surface area contributed by atoms with Crippen LogP contribution >= 0.6 is 0 Å². The number of hydrogen-bond donors (Lipinski definition) is 0. The molecule has 1 fully saturated rings. The number of fused-ring (bicyclic) bond motifs is 1. The number of carbonyl (C=O) groups excluding carboxylic acids is 1. The molecule has 1 heterocycles. The van der Waals surface area contributed by atoms with Crippen LogP contribution in [-0.2, 0) is 0 Å². The van der Waals surface area contributed by atoms with Crippen molar-refractivity contribution in [1.29, 1.82) is 0 Å². The lowest BCUT2D eigenvalue weighted by Crippen LogP contribution is -2.41. The summed E-state index contributed by atoms with van der Waals surface area (Å²) in [6, 6.07) is 10.1. The van der Waals surface area contributed by atoms with Gasteiger partial charge in [0.15, 0.2) is 0 Å². The molecule has 1 saturated carbocycles. The Bertz CT molecular complexity index is 627. The van der Waals surface area contributed by atoms with E-state index >= 15 is 0 Å². The number of rotatable bonds is 3. The summed E-state index contributed by atoms with van der Waals surface area (Å²) in [4.78, 5) is 19.4. The fourth-order valence-electron chi connectivity index (χ4n) is 3.40. The van der Waals surface area contributed by atoms with Gasteiger partial charge in [0.25, 0.3) is 5.91 Å². The highest BCUT2D eigenvalue weighted by molar-refractivity contribution is 6.06. The third kappa shape index (κ3) is 2.78. The maximum Gasteiger partial charge on any atom is 0.254 e. The first-order chi connectivity index (χ1) is 10.3. The molecule has 1 aromatic carbocycles. The summed E-state index contributed by atoms with van der Waals surface area (Å²) in [5.74, 6) is 0.156. The summed E-state index contributed by atoms with van der Waals surface area (Å²) in [6.07, 6.45) is 7.81. The minimum Gasteiger partial charge on any atom is -0.336 e. The molecule has 1 amide bonds. The van der Waals surface area contributed by atoms with Crippen molar-refractivity contribution >= 4 is 16.8 Å². The molecule has 1 aromatic heterocycles. The molecule has 0 aliphatic heterocycles. The maximum absolute atomic E-state index is 13.0. The van der Waals surface area contributed by atoms with Crippen LogP contribution < -0.4 is 0 Å². The molecule has 0 atom stereocenters. The number of nitrogens with zero attached hydrogens (tertiary/aromatic N) is 2. The molecule has 2 aromatic rings. The Labute approximate surface area is 126 Å². The Hall–Kier alpha value is -1.90. The normalized spacial score (nSPS) is 16.0. The van der Waals surface area contributed by atoms with Crippen molar-refractivity contribution in [2.45, 2.75) is 45.1 Å². The summed E-state index contributed by atoms with van der Waals surface area (Å²) in [5, 5.41) is 0.958. The fourth-order valence-corrected chi connectivity index (χ4v) is 3.40. The zero-order valence-corrected chi connectivity index (χ0v) is 12.6. The molecule has 0 radical (unpaired) electrons. The number of para-hydroxylation sites is 1. The van der Waals surface area contributed by atoms with E-state index in [1.807, 2.05) is 30.3 Å². The fraction of sp³-hybridized carbons (Fsp3) is 0.444. The number of carbonyl (C=O) groups is 1. The Morgan fingerprint density at radius 3 is 2.71 bits per heavy atom. The van der Waals surface area contributed by atoms with E-state index in [-0.39, 0.29) is 5.91 Å². The van der Waals surface area contributed by atoms with Gasteiger partial charge >= 0.3 is 0 Å². The Balaban J connectivity index is 1.94. The Morgan fingerprint density at radius 2 is 1.95 bits per heavy atom. The van der Waals surface area contributed by atoms with Gasteiger partial charge < -0.3 is 4.90 Å². The second kappa shape index (κ2) is 6.25. The molecule has 3 nitrogen and oxygen atoms in total. The van der Waals surface area contributed by atoms with Gasteiger partial charge in [0.2, 0.25) is 0 Å². The van der Waals surface area contributed by atoms with E-state index in [1.54, 1.807) is 6.20 Å². The van der Waals surface area contributed by atoms with E-state index in [0.717, 1.165) is 35.9 Å². The van der Waals surface area contributed by atoms with E-state index < -0.39 is 0 Å². The molecule has 1 aliphatic carbocycles. The van der Waals surface area contributed by atoms with Crippen LogP contribution in [0.4, 0.5) is 0 Å². The standard InChI is InChI=1S/C18H22N2O/c1-2-20(14-8-4-3-5-9-14)18(21)16-12-13-19-17-11-7-6-10-15(16)17/h6-7,10-14H,2-5,8-9H2,1H3. The third-order valence-corrected chi connectivity index (χ3v) is 4.50. The molecule has 1 aliphatic rings. The third-order valence-electron chi connectivity index (χ3n) is 4.50. The van der Waals surface area contributed by atoms with Gasteiger partial charge in [-0.25, -0.2) is 0 Å². The second-order valence-corrected chi connectivity index (χ2v) is 5.76. The van der Waals surface area contributed by atoms with Crippen LogP contribution in [0, 0.1) is 0 Å². The smallest absolute Gasteiger partial charge is 0.254 e. The van der Waals surface area contributed by atoms with Gasteiger partial charge in [-0.3, -0.25) is 9.78 Å². The van der Waals surface area contributed by atoms with E-state index in [2.05, 4.69) is 16.8 Å². The van der Waals surface area contributed by atoms with Gasteiger partial charge in [-0.15, -0.1) is 0 Å². The van der Waals surface area contributed by atoms with Crippen molar-refractivity contribution in [2.75, 3.05) is 6.54 Å². The highest BCUT2D eigenvalue weighted by atomic mass is 16.2. The van der Waals surface area contributed by atoms with Crippen LogP contribution in [-0.4, -0.2) is 28.4 Å². The van der Waals surface area contributed by atoms with Crippen LogP contribution in [0.2, 0.25) is 0 Å². The lowest BCUT2D eigenvalue weighted by Gasteiger charge is -2.33. The van der Waals surface area contributed by atoms with Crippen LogP contribution in [0.3, 0.4) is 0 Å². The summed E-state index contributed by atoms with van der Waals surface area (Å²) in [6.45, 7) is 2.86. The van der Waals surface area contributed by atoms with Crippen molar-refractivity contribution in [3.8, 4) is 0 Å². The van der Waals surface area contributed by atoms with E-state index in [9.17, 15) is 4.79 Å². The largest absolute Gasteiger partial charge is 0.336 e. The van der Waals surface area contributed by atoms with Gasteiger partial charge in [0.05, 0.1) is 11.1 Å². The summed E-state index contributed by atoms with van der Waals surface area (Å²) < 4.78 is 0. The zero-order valence-electron chi connectivity index (χ0n) is 12.6. The molecule has 3 heteroatoms. The van der Waals surface area contributed by atoms with Crippen LogP contribution in [0.25, 0.3) is 10.9 Å². The van der Waals surface area contributed by atoms with E-state index in [0.29, 0.717) is 6.04 Å². The van der Waals surface area contributed by atoms with Gasteiger partial charge in [0, 0.05) is 24.2 Å². The average molecular weight is 282 g/mol. The van der Waals surface area contributed by atoms with Crippen molar-refractivity contribution in [3.05, 3.63) is 42.1 Å². The van der Waals surface area contributed by atoms with Gasteiger partial charge in [-0.1, -0.05) is 37.5 Å². The summed E-state index contributed by atoms with van der Waals surface area (Å²) in [7, 11) is 0. The topological polar surface area (TPSA) is 33.2 Å². The molecule has 21 heavy (non-hydrogen) atoms. The van der Waals surface area contributed by atoms with Crippen molar-refractivity contribution < 1.29 is 4.79 Å². The zero-order chi connectivity index (χ0) is 14.7. The predicted molar refractivity (Wildman–Crippen MR) is 85.3 cm³/mol. The van der Waals surface area contributed by atoms with Crippen molar-refractivity contribution in [3.63, 3.8) is 0 Å². The SMILES string of the molecule is CCN(C(=O)c1ccnc2ccccc12)C1CCCCC1. The molecule has 0 unspecified atom stereocenters. The number of aromatic nitrogens is 1. The lowest BCUT2D eigenvalue weighted by atomic mass is 9.93. The molecule has 0 N–H and O–H groups in total. The highest BCUT2D eigenvalue weighted by Gasteiger charge is 2.25. The monoisotopic (exact) mass is 282 g/mol. The number of pyridine rings is 1. The molecular formula is C18H22N2O. The Morgan fingerprint density at radius 1 is 1.19 bits per heavy atom. The lowest BCUT2D eigenvalue weighted by molar-refractivity contribution is 0.0650. The highest BCUT2D eigenvalue weighted by Crippen LogP contribution is 2.25. The first kappa shape index (κ1) is 14.1. The minimum atomic E-state index is 0.156. The van der Waals surface area contributed by atoms with E-state index in [4.69, 9.17) is 0 Å². The molecular weight excluding hydrogens is 260 g/mol. The van der Waals surface area contributed by atoms with E-state index in [1.165, 1.54) is 19.3 Å². The first-order valence-corrected chi connectivity index (χ1v) is 7.96. The summed E-state index contributed by atoms with van der Waals surface area (Å²) >= 11 is 0. The molecule has 110 valence electrons. The molecule has 3 rings (SSSR count). The summed E-state index contributed by atoms with van der Waals surface area (Å²) in [5.41, 5.74) is 1.68. The molecule has 0 bridgehead atoms. The van der Waals surface area contributed by atoms with Crippen LogP contribution in [0.5, 0.6) is 0 Å². The van der Waals surface area contributed by atoms with Gasteiger partial charge in [-0.2, -0.15) is 0 Å². The minimum absolute atomic E-state index is 0.156. The molecule has 0 spiro atoms. The van der Waals surface area contributed by atoms with Crippen molar-refractivity contribution in [2.24, 2.45) is 0 Å². The number of benzene rings is 1. The number of hydrogen-bond acceptors (Lipinski definition) is 2. The Kier molecular flexibility index (Phi) is 4.18. The van der Waals surface area contributed by atoms with Crippen molar-refractivity contribution in [1.82, 2.24) is 9.88 Å². The molecule has 0 saturated heterocycles. The predicted octanol–water partition coefficient (Wildman–Crippen LogP) is 4.03. The van der Waals surface area contributed by atoms with Crippen LogP contribution in [0.1, 0.15) is 49.4 Å². The van der Waals surface area contributed by atoms with Crippen LogP contribution in [0.15, 0.2) is 36.5 Å².